The third kappa shape index (κ3) is 6.77. The maximum Gasteiger partial charge on any atom is 0.262 e. The average molecular weight is 368 g/mol. The smallest absolute Gasteiger partial charge is 0.262 e. The number of anilines is 2. The second-order valence-electron chi connectivity index (χ2n) is 6.59. The van der Waals surface area contributed by atoms with Gasteiger partial charge in [-0.1, -0.05) is 39.0 Å². The number of benzene rings is 2. The lowest BCUT2D eigenvalue weighted by atomic mass is 9.99. The summed E-state index contributed by atoms with van der Waals surface area (Å²) in [5.41, 5.74) is 2.54. The Bertz CT molecular complexity index is 756. The number of amides is 2. The first-order valence-corrected chi connectivity index (χ1v) is 9.44. The van der Waals surface area contributed by atoms with Crippen LogP contribution in [0.2, 0.25) is 0 Å². The molecule has 5 heteroatoms. The number of rotatable bonds is 9. The number of hydrogen-bond donors (Lipinski definition) is 2. The predicted molar refractivity (Wildman–Crippen MR) is 109 cm³/mol. The van der Waals surface area contributed by atoms with Gasteiger partial charge in [-0.05, 0) is 54.7 Å². The standard InChI is InChI=1S/C22H28N2O3/c1-4-7-21(25)23-18-8-6-9-19(14-18)24-22(26)15-27-20-12-10-17(11-13-20)16(3)5-2/h6,8-14,16H,4-5,7,15H2,1-3H3,(H,23,25)(H,24,26). The molecule has 0 bridgehead atoms. The fraction of sp³-hybridized carbons (Fsp3) is 0.364. The van der Waals surface area contributed by atoms with Crippen LogP contribution in [0.4, 0.5) is 11.4 Å². The fourth-order valence-electron chi connectivity index (χ4n) is 2.60. The van der Waals surface area contributed by atoms with Crippen LogP contribution in [-0.4, -0.2) is 18.4 Å². The molecule has 2 rings (SSSR count). The maximum atomic E-state index is 12.1. The molecule has 0 spiro atoms. The molecule has 0 fully saturated rings. The van der Waals surface area contributed by atoms with Crippen molar-refractivity contribution < 1.29 is 14.3 Å². The number of carbonyl (C=O) groups is 2. The minimum absolute atomic E-state index is 0.0369. The van der Waals surface area contributed by atoms with Gasteiger partial charge in [-0.25, -0.2) is 0 Å². The average Bonchev–Trinajstić information content (AvgIpc) is 2.66. The highest BCUT2D eigenvalue weighted by Gasteiger charge is 2.07. The van der Waals surface area contributed by atoms with E-state index in [0.29, 0.717) is 29.5 Å². The van der Waals surface area contributed by atoms with Crippen molar-refractivity contribution in [3.05, 3.63) is 54.1 Å². The molecule has 0 heterocycles. The Morgan fingerprint density at radius 2 is 1.59 bits per heavy atom. The third-order valence-corrected chi connectivity index (χ3v) is 4.34. The summed E-state index contributed by atoms with van der Waals surface area (Å²) in [5.74, 6) is 0.883. The van der Waals surface area contributed by atoms with Crippen molar-refractivity contribution in [3.8, 4) is 5.75 Å². The fourth-order valence-corrected chi connectivity index (χ4v) is 2.60. The highest BCUT2D eigenvalue weighted by Crippen LogP contribution is 2.21. The van der Waals surface area contributed by atoms with Crippen LogP contribution in [0.25, 0.3) is 0 Å². The molecule has 2 aromatic rings. The number of carbonyl (C=O) groups excluding carboxylic acids is 2. The number of hydrogen-bond acceptors (Lipinski definition) is 3. The summed E-state index contributed by atoms with van der Waals surface area (Å²) in [6.45, 7) is 6.22. The van der Waals surface area contributed by atoms with Crippen molar-refractivity contribution in [2.24, 2.45) is 0 Å². The second-order valence-corrected chi connectivity index (χ2v) is 6.59. The molecule has 0 aliphatic heterocycles. The molecule has 5 nitrogen and oxygen atoms in total. The molecule has 1 atom stereocenters. The van der Waals surface area contributed by atoms with E-state index in [4.69, 9.17) is 4.74 Å². The minimum Gasteiger partial charge on any atom is -0.484 e. The van der Waals surface area contributed by atoms with E-state index >= 15 is 0 Å². The van der Waals surface area contributed by atoms with Crippen molar-refractivity contribution in [2.75, 3.05) is 17.2 Å². The van der Waals surface area contributed by atoms with E-state index in [2.05, 4.69) is 24.5 Å². The van der Waals surface area contributed by atoms with Gasteiger partial charge in [0.15, 0.2) is 6.61 Å². The zero-order chi connectivity index (χ0) is 19.6. The van der Waals surface area contributed by atoms with Gasteiger partial charge in [0, 0.05) is 17.8 Å². The van der Waals surface area contributed by atoms with Crippen LogP contribution in [0.5, 0.6) is 5.75 Å². The molecule has 2 aromatic carbocycles. The third-order valence-electron chi connectivity index (χ3n) is 4.34. The molecule has 2 N–H and O–H groups in total. The molecule has 27 heavy (non-hydrogen) atoms. The summed E-state index contributed by atoms with van der Waals surface area (Å²) in [6.07, 6.45) is 2.35. The maximum absolute atomic E-state index is 12.1. The SMILES string of the molecule is CCCC(=O)Nc1cccc(NC(=O)COc2ccc(C(C)CC)cc2)c1. The molecule has 0 saturated heterocycles. The normalized spacial score (nSPS) is 11.5. The molecule has 0 saturated carbocycles. The van der Waals surface area contributed by atoms with E-state index in [1.165, 1.54) is 5.56 Å². The first kappa shape index (κ1) is 20.5. The minimum atomic E-state index is -0.252. The Kier molecular flexibility index (Phi) is 7.86. The van der Waals surface area contributed by atoms with Crippen molar-refractivity contribution in [1.82, 2.24) is 0 Å². The van der Waals surface area contributed by atoms with E-state index in [1.807, 2.05) is 31.2 Å². The first-order chi connectivity index (χ1) is 13.0. The Balaban J connectivity index is 1.86. The van der Waals surface area contributed by atoms with E-state index in [1.54, 1.807) is 24.3 Å². The van der Waals surface area contributed by atoms with Gasteiger partial charge in [0.05, 0.1) is 0 Å². The van der Waals surface area contributed by atoms with Crippen LogP contribution in [-0.2, 0) is 9.59 Å². The van der Waals surface area contributed by atoms with Gasteiger partial charge >= 0.3 is 0 Å². The zero-order valence-corrected chi connectivity index (χ0v) is 16.2. The van der Waals surface area contributed by atoms with Gasteiger partial charge in [-0.2, -0.15) is 0 Å². The lowest BCUT2D eigenvalue weighted by Crippen LogP contribution is -2.20. The van der Waals surface area contributed by atoms with Crippen LogP contribution >= 0.6 is 0 Å². The van der Waals surface area contributed by atoms with Crippen LogP contribution in [0.3, 0.4) is 0 Å². The molecule has 0 aromatic heterocycles. The molecule has 1 unspecified atom stereocenters. The molecule has 2 amide bonds. The van der Waals surface area contributed by atoms with Gasteiger partial charge < -0.3 is 15.4 Å². The summed E-state index contributed by atoms with van der Waals surface area (Å²) in [5, 5.41) is 5.59. The number of ether oxygens (including phenoxy) is 1. The lowest BCUT2D eigenvalue weighted by Gasteiger charge is -2.11. The van der Waals surface area contributed by atoms with E-state index in [-0.39, 0.29) is 18.4 Å². The molecule has 144 valence electrons. The quantitative estimate of drug-likeness (QED) is 0.657. The molecular weight excluding hydrogens is 340 g/mol. The van der Waals surface area contributed by atoms with Crippen molar-refractivity contribution in [2.45, 2.75) is 46.0 Å². The summed E-state index contributed by atoms with van der Waals surface area (Å²) in [4.78, 5) is 23.8. The molecule has 0 radical (unpaired) electrons. The van der Waals surface area contributed by atoms with Crippen LogP contribution < -0.4 is 15.4 Å². The lowest BCUT2D eigenvalue weighted by molar-refractivity contribution is -0.118. The summed E-state index contributed by atoms with van der Waals surface area (Å²) < 4.78 is 5.55. The highest BCUT2D eigenvalue weighted by molar-refractivity contribution is 5.94. The van der Waals surface area contributed by atoms with Crippen LogP contribution in [0.15, 0.2) is 48.5 Å². The van der Waals surface area contributed by atoms with Gasteiger partial charge in [0.1, 0.15) is 5.75 Å². The van der Waals surface area contributed by atoms with Crippen LogP contribution in [0, 0.1) is 0 Å². The Labute approximate surface area is 161 Å². The van der Waals surface area contributed by atoms with Gasteiger partial charge in [-0.3, -0.25) is 9.59 Å². The van der Waals surface area contributed by atoms with Crippen molar-refractivity contribution in [1.29, 1.82) is 0 Å². The molecular formula is C22H28N2O3. The van der Waals surface area contributed by atoms with E-state index in [9.17, 15) is 9.59 Å². The second kappa shape index (κ2) is 10.4. The van der Waals surface area contributed by atoms with Gasteiger partial charge in [-0.15, -0.1) is 0 Å². The number of nitrogens with one attached hydrogen (secondary N) is 2. The van der Waals surface area contributed by atoms with Gasteiger partial charge in [0.25, 0.3) is 5.91 Å². The van der Waals surface area contributed by atoms with E-state index < -0.39 is 0 Å². The summed E-state index contributed by atoms with van der Waals surface area (Å²) >= 11 is 0. The Morgan fingerprint density at radius 3 is 2.19 bits per heavy atom. The molecule has 0 aliphatic rings. The zero-order valence-electron chi connectivity index (χ0n) is 16.2. The largest absolute Gasteiger partial charge is 0.484 e. The first-order valence-electron chi connectivity index (χ1n) is 9.44. The van der Waals surface area contributed by atoms with E-state index in [0.717, 1.165) is 12.8 Å². The van der Waals surface area contributed by atoms with Crippen molar-refractivity contribution >= 4 is 23.2 Å². The monoisotopic (exact) mass is 368 g/mol. The summed E-state index contributed by atoms with van der Waals surface area (Å²) in [6, 6.07) is 14.9. The Hall–Kier alpha value is -2.82. The molecule has 0 aliphatic carbocycles. The van der Waals surface area contributed by atoms with Gasteiger partial charge in [0.2, 0.25) is 5.91 Å². The Morgan fingerprint density at radius 1 is 0.963 bits per heavy atom. The topological polar surface area (TPSA) is 67.4 Å². The van der Waals surface area contributed by atoms with Crippen molar-refractivity contribution in [3.63, 3.8) is 0 Å². The summed E-state index contributed by atoms with van der Waals surface area (Å²) in [7, 11) is 0. The predicted octanol–water partition coefficient (Wildman–Crippen LogP) is 4.96. The highest BCUT2D eigenvalue weighted by atomic mass is 16.5. The van der Waals surface area contributed by atoms with Crippen LogP contribution in [0.1, 0.15) is 51.5 Å².